The first-order chi connectivity index (χ1) is 12.4. The first-order valence-corrected chi connectivity index (χ1v) is 10.1. The van der Waals surface area contributed by atoms with Gasteiger partial charge in [0.15, 0.2) is 0 Å². The van der Waals surface area contributed by atoms with Crippen LogP contribution in [0.4, 0.5) is 5.69 Å². The van der Waals surface area contributed by atoms with E-state index in [9.17, 15) is 13.2 Å². The third-order valence-corrected chi connectivity index (χ3v) is 6.34. The number of nitrogens with two attached hydrogens (primary N) is 1. The molecule has 1 amide bonds. The zero-order valence-electron chi connectivity index (χ0n) is 15.3. The Hall–Kier alpha value is -1.52. The summed E-state index contributed by atoms with van der Waals surface area (Å²) in [5.74, 6) is -0.270. The van der Waals surface area contributed by atoms with E-state index in [4.69, 9.17) is 10.5 Å². The van der Waals surface area contributed by atoms with Gasteiger partial charge in [-0.05, 0) is 38.2 Å². The zero-order valence-corrected chi connectivity index (χ0v) is 16.2. The number of methoxy groups -OCH3 is 1. The van der Waals surface area contributed by atoms with E-state index in [-0.39, 0.29) is 29.9 Å². The van der Waals surface area contributed by atoms with E-state index >= 15 is 0 Å². The Labute approximate surface area is 155 Å². The minimum Gasteiger partial charge on any atom is -0.380 e. The van der Waals surface area contributed by atoms with Gasteiger partial charge in [0.1, 0.15) is 0 Å². The van der Waals surface area contributed by atoms with Crippen LogP contribution in [0.25, 0.3) is 0 Å². The molecular weight excluding hydrogens is 356 g/mol. The van der Waals surface area contributed by atoms with Crippen molar-refractivity contribution < 1.29 is 17.9 Å². The van der Waals surface area contributed by atoms with Crippen LogP contribution in [-0.4, -0.2) is 76.5 Å². The molecule has 1 aliphatic rings. The van der Waals surface area contributed by atoms with Gasteiger partial charge in [0, 0.05) is 39.0 Å². The second kappa shape index (κ2) is 9.43. The quantitative estimate of drug-likeness (QED) is 0.701. The molecule has 0 saturated carbocycles. The molecule has 0 aromatic heterocycles. The molecule has 0 spiro atoms. The van der Waals surface area contributed by atoms with Gasteiger partial charge in [-0.2, -0.15) is 4.31 Å². The lowest BCUT2D eigenvalue weighted by atomic mass is 10.2. The summed E-state index contributed by atoms with van der Waals surface area (Å²) in [5, 5.41) is 2.71. The molecule has 0 aliphatic carbocycles. The van der Waals surface area contributed by atoms with Crippen molar-refractivity contribution in [1.82, 2.24) is 9.21 Å². The molecule has 26 heavy (non-hydrogen) atoms. The molecule has 1 unspecified atom stereocenters. The number of carbonyl (C=O) groups excluding carboxylic acids is 1. The molecule has 1 aliphatic heterocycles. The highest BCUT2D eigenvalue weighted by molar-refractivity contribution is 7.89. The number of sulfonamides is 1. The molecule has 1 saturated heterocycles. The van der Waals surface area contributed by atoms with E-state index in [1.54, 1.807) is 18.2 Å². The first-order valence-electron chi connectivity index (χ1n) is 8.68. The number of hydrogen-bond donors (Lipinski definition) is 2. The van der Waals surface area contributed by atoms with Gasteiger partial charge in [-0.1, -0.05) is 6.07 Å². The lowest BCUT2D eigenvalue weighted by Crippen LogP contribution is -2.34. The van der Waals surface area contributed by atoms with Gasteiger partial charge in [0.05, 0.1) is 17.4 Å². The number of anilines is 1. The molecule has 1 heterocycles. The molecule has 1 atom stereocenters. The van der Waals surface area contributed by atoms with Crippen LogP contribution in [0.3, 0.4) is 0 Å². The third kappa shape index (κ3) is 5.49. The molecule has 3 N–H and O–H groups in total. The van der Waals surface area contributed by atoms with Crippen LogP contribution in [0.2, 0.25) is 0 Å². The Kier molecular flexibility index (Phi) is 7.54. The molecule has 0 radical (unpaired) electrons. The number of rotatable bonds is 7. The van der Waals surface area contributed by atoms with Crippen LogP contribution in [0, 0.1) is 0 Å². The smallest absolute Gasteiger partial charge is 0.243 e. The Bertz CT molecular complexity index is 706. The van der Waals surface area contributed by atoms with E-state index in [1.165, 1.54) is 17.5 Å². The number of benzene rings is 1. The lowest BCUT2D eigenvalue weighted by Gasteiger charge is -2.20. The summed E-state index contributed by atoms with van der Waals surface area (Å²) in [6.07, 6.45) is 0.544. The minimum atomic E-state index is -3.59. The molecular formula is C17H28N4O4S. The maximum atomic E-state index is 12.9. The van der Waals surface area contributed by atoms with Crippen LogP contribution < -0.4 is 11.1 Å². The highest BCUT2D eigenvalue weighted by atomic mass is 32.2. The molecule has 8 nitrogen and oxygen atoms in total. The van der Waals surface area contributed by atoms with Crippen molar-refractivity contribution in [2.24, 2.45) is 5.73 Å². The highest BCUT2D eigenvalue weighted by Gasteiger charge is 2.26. The summed E-state index contributed by atoms with van der Waals surface area (Å²) < 4.78 is 32.4. The first kappa shape index (κ1) is 20.8. The second-order valence-corrected chi connectivity index (χ2v) is 8.37. The standard InChI is InChI=1S/C17H28N4O4S/c1-20-7-4-8-21(10-9-20)26(23,24)16-6-3-5-14(11-16)19-17(22)12-15(13-18)25-2/h3,5-6,11,15H,4,7-10,12-13,18H2,1-2H3,(H,19,22). The van der Waals surface area contributed by atoms with Crippen molar-refractivity contribution >= 4 is 21.6 Å². The van der Waals surface area contributed by atoms with Crippen LogP contribution >= 0.6 is 0 Å². The normalized spacial score (nSPS) is 18.3. The Balaban J connectivity index is 2.11. The zero-order chi connectivity index (χ0) is 19.2. The molecule has 146 valence electrons. The van der Waals surface area contributed by atoms with Crippen molar-refractivity contribution in [1.29, 1.82) is 0 Å². The van der Waals surface area contributed by atoms with Crippen molar-refractivity contribution in [3.8, 4) is 0 Å². The van der Waals surface area contributed by atoms with Gasteiger partial charge in [0.2, 0.25) is 15.9 Å². The van der Waals surface area contributed by atoms with Crippen LogP contribution in [0.1, 0.15) is 12.8 Å². The monoisotopic (exact) mass is 384 g/mol. The van der Waals surface area contributed by atoms with E-state index < -0.39 is 10.0 Å². The number of likely N-dealkylation sites (N-methyl/N-ethyl adjacent to an activating group) is 1. The largest absolute Gasteiger partial charge is 0.380 e. The number of carbonyl (C=O) groups is 1. The highest BCUT2D eigenvalue weighted by Crippen LogP contribution is 2.21. The van der Waals surface area contributed by atoms with E-state index in [1.807, 2.05) is 7.05 Å². The maximum Gasteiger partial charge on any atom is 0.243 e. The summed E-state index contributed by atoms with van der Waals surface area (Å²) in [4.78, 5) is 14.4. The van der Waals surface area contributed by atoms with E-state index in [0.29, 0.717) is 25.3 Å². The topological polar surface area (TPSA) is 105 Å². The number of ether oxygens (including phenoxy) is 1. The van der Waals surface area contributed by atoms with E-state index in [2.05, 4.69) is 10.2 Å². The Morgan fingerprint density at radius 1 is 1.31 bits per heavy atom. The maximum absolute atomic E-state index is 12.9. The van der Waals surface area contributed by atoms with Gasteiger partial charge in [-0.3, -0.25) is 4.79 Å². The van der Waals surface area contributed by atoms with Crippen molar-refractivity contribution in [2.75, 3.05) is 52.2 Å². The number of nitrogens with one attached hydrogen (secondary N) is 1. The summed E-state index contributed by atoms with van der Waals surface area (Å²) in [7, 11) is -0.105. The van der Waals surface area contributed by atoms with Gasteiger partial charge in [-0.25, -0.2) is 8.42 Å². The third-order valence-electron chi connectivity index (χ3n) is 4.44. The predicted molar refractivity (Wildman–Crippen MR) is 100 cm³/mol. The fourth-order valence-corrected chi connectivity index (χ4v) is 4.34. The van der Waals surface area contributed by atoms with Crippen molar-refractivity contribution in [2.45, 2.75) is 23.8 Å². The van der Waals surface area contributed by atoms with Crippen LogP contribution in [0.15, 0.2) is 29.2 Å². The van der Waals surface area contributed by atoms with Crippen molar-refractivity contribution in [3.05, 3.63) is 24.3 Å². The van der Waals surface area contributed by atoms with Gasteiger partial charge < -0.3 is 20.7 Å². The Morgan fingerprint density at radius 3 is 2.77 bits per heavy atom. The van der Waals surface area contributed by atoms with Gasteiger partial charge >= 0.3 is 0 Å². The number of nitrogens with zero attached hydrogens (tertiary/aromatic N) is 2. The van der Waals surface area contributed by atoms with E-state index in [0.717, 1.165) is 13.0 Å². The lowest BCUT2D eigenvalue weighted by molar-refractivity contribution is -0.118. The second-order valence-electron chi connectivity index (χ2n) is 6.43. The fourth-order valence-electron chi connectivity index (χ4n) is 2.83. The molecule has 1 aromatic carbocycles. The Morgan fingerprint density at radius 2 is 2.08 bits per heavy atom. The summed E-state index contributed by atoms with van der Waals surface area (Å²) in [6.45, 7) is 2.77. The van der Waals surface area contributed by atoms with Crippen LogP contribution in [-0.2, 0) is 19.6 Å². The molecule has 9 heteroatoms. The number of hydrogen-bond acceptors (Lipinski definition) is 6. The molecule has 0 bridgehead atoms. The number of amides is 1. The van der Waals surface area contributed by atoms with Crippen molar-refractivity contribution in [3.63, 3.8) is 0 Å². The predicted octanol–water partition coefficient (Wildman–Crippen LogP) is 0.315. The fraction of sp³-hybridized carbons (Fsp3) is 0.588. The summed E-state index contributed by atoms with van der Waals surface area (Å²) in [6, 6.07) is 6.34. The van der Waals surface area contributed by atoms with Gasteiger partial charge in [0.25, 0.3) is 0 Å². The minimum absolute atomic E-state index is 0.114. The molecule has 1 aromatic rings. The van der Waals surface area contributed by atoms with Gasteiger partial charge in [-0.15, -0.1) is 0 Å². The summed E-state index contributed by atoms with van der Waals surface area (Å²) >= 11 is 0. The average Bonchev–Trinajstić information content (AvgIpc) is 2.85. The van der Waals surface area contributed by atoms with Crippen LogP contribution in [0.5, 0.6) is 0 Å². The molecule has 1 fully saturated rings. The molecule has 2 rings (SSSR count). The average molecular weight is 385 g/mol. The SMILES string of the molecule is COC(CN)CC(=O)Nc1cccc(S(=O)(=O)N2CCCN(C)CC2)c1. The summed E-state index contributed by atoms with van der Waals surface area (Å²) in [5.41, 5.74) is 5.96.